The SMILES string of the molecule is O=C(c1cc([N+](=O)[O-])cc([N+](=O)[O-])c1O)C(Cl)(Cl)Cl. The van der Waals surface area contributed by atoms with Crippen molar-refractivity contribution in [1.29, 1.82) is 0 Å². The highest BCUT2D eigenvalue weighted by molar-refractivity contribution is 6.77. The zero-order valence-electron chi connectivity index (χ0n) is 8.67. The van der Waals surface area contributed by atoms with E-state index >= 15 is 0 Å². The predicted octanol–water partition coefficient (Wildman–Crippen LogP) is 2.76. The number of aromatic hydroxyl groups is 1. The van der Waals surface area contributed by atoms with Crippen molar-refractivity contribution in [3.63, 3.8) is 0 Å². The molecule has 0 heterocycles. The average molecular weight is 329 g/mol. The number of halogens is 3. The van der Waals surface area contributed by atoms with Crippen molar-refractivity contribution in [2.45, 2.75) is 3.79 Å². The number of nitrogens with zero attached hydrogens (tertiary/aromatic N) is 2. The van der Waals surface area contributed by atoms with E-state index in [2.05, 4.69) is 0 Å². The molecule has 0 radical (unpaired) electrons. The van der Waals surface area contributed by atoms with E-state index in [1.54, 1.807) is 0 Å². The van der Waals surface area contributed by atoms with Crippen LogP contribution in [-0.2, 0) is 0 Å². The quantitative estimate of drug-likeness (QED) is 0.393. The number of phenols is 1. The highest BCUT2D eigenvalue weighted by atomic mass is 35.6. The number of nitro benzene ring substituents is 2. The van der Waals surface area contributed by atoms with E-state index in [-0.39, 0.29) is 0 Å². The van der Waals surface area contributed by atoms with Crippen LogP contribution in [0.25, 0.3) is 0 Å². The monoisotopic (exact) mass is 328 g/mol. The highest BCUT2D eigenvalue weighted by Crippen LogP contribution is 2.39. The molecule has 19 heavy (non-hydrogen) atoms. The summed E-state index contributed by atoms with van der Waals surface area (Å²) in [6, 6.07) is 1.08. The van der Waals surface area contributed by atoms with Gasteiger partial charge in [0.05, 0.1) is 21.5 Å². The second kappa shape index (κ2) is 5.16. The summed E-state index contributed by atoms with van der Waals surface area (Å²) in [5, 5.41) is 30.8. The molecule has 1 rings (SSSR count). The predicted molar refractivity (Wildman–Crippen MR) is 66.0 cm³/mol. The molecule has 0 spiro atoms. The molecule has 0 saturated heterocycles. The maximum atomic E-state index is 11.6. The largest absolute Gasteiger partial charge is 0.502 e. The summed E-state index contributed by atoms with van der Waals surface area (Å²) in [6.07, 6.45) is 0. The van der Waals surface area contributed by atoms with Crippen LogP contribution in [0.5, 0.6) is 5.75 Å². The Bertz CT molecular complexity index is 583. The van der Waals surface area contributed by atoms with Gasteiger partial charge < -0.3 is 5.11 Å². The van der Waals surface area contributed by atoms with E-state index in [4.69, 9.17) is 34.8 Å². The number of nitro groups is 2. The Labute approximate surface area is 119 Å². The Morgan fingerprint density at radius 1 is 1.16 bits per heavy atom. The van der Waals surface area contributed by atoms with Crippen LogP contribution >= 0.6 is 34.8 Å². The van der Waals surface area contributed by atoms with Crippen LogP contribution in [0.15, 0.2) is 12.1 Å². The number of hydrogen-bond acceptors (Lipinski definition) is 6. The zero-order valence-corrected chi connectivity index (χ0v) is 10.9. The first-order chi connectivity index (χ1) is 8.55. The molecule has 11 heteroatoms. The van der Waals surface area contributed by atoms with Crippen molar-refractivity contribution in [1.82, 2.24) is 0 Å². The number of non-ortho nitro benzene ring substituents is 1. The summed E-state index contributed by atoms with van der Waals surface area (Å²) in [5.74, 6) is -2.42. The summed E-state index contributed by atoms with van der Waals surface area (Å²) in [6.45, 7) is 0. The minimum absolute atomic E-state index is 0.491. The molecule has 0 aliphatic carbocycles. The number of hydrogen-bond donors (Lipinski definition) is 1. The van der Waals surface area contributed by atoms with Gasteiger partial charge in [0, 0.05) is 6.07 Å². The molecule has 0 unspecified atom stereocenters. The molecule has 0 saturated carbocycles. The van der Waals surface area contributed by atoms with Gasteiger partial charge in [-0.1, -0.05) is 34.8 Å². The van der Waals surface area contributed by atoms with E-state index < -0.39 is 42.1 Å². The van der Waals surface area contributed by atoms with Crippen molar-refractivity contribution < 1.29 is 19.7 Å². The Hall–Kier alpha value is -1.64. The molecule has 8 nitrogen and oxygen atoms in total. The molecular formula is C8H3Cl3N2O6. The van der Waals surface area contributed by atoms with Gasteiger partial charge in [0.2, 0.25) is 11.5 Å². The molecule has 1 aromatic rings. The van der Waals surface area contributed by atoms with Gasteiger partial charge in [-0.15, -0.1) is 0 Å². The fourth-order valence-electron chi connectivity index (χ4n) is 1.17. The molecule has 102 valence electrons. The average Bonchev–Trinajstić information content (AvgIpc) is 2.26. The molecule has 0 aromatic heterocycles. The molecular weight excluding hydrogens is 326 g/mol. The standard InChI is InChI=1S/C8H3Cl3N2O6/c9-8(10,11)7(15)4-1-3(12(16)17)2-5(6(4)14)13(18)19/h1-2,14H. The fourth-order valence-corrected chi connectivity index (χ4v) is 1.48. The Kier molecular flexibility index (Phi) is 4.18. The number of alkyl halides is 3. The van der Waals surface area contributed by atoms with Crippen LogP contribution in [0.4, 0.5) is 11.4 Å². The van der Waals surface area contributed by atoms with Crippen LogP contribution in [0, 0.1) is 20.2 Å². The first kappa shape index (κ1) is 15.4. The van der Waals surface area contributed by atoms with Crippen molar-refractivity contribution in [2.75, 3.05) is 0 Å². The van der Waals surface area contributed by atoms with Crippen LogP contribution < -0.4 is 0 Å². The first-order valence-electron chi connectivity index (χ1n) is 4.33. The van der Waals surface area contributed by atoms with Crippen LogP contribution in [0.1, 0.15) is 10.4 Å². The topological polar surface area (TPSA) is 124 Å². The zero-order chi connectivity index (χ0) is 15.0. The van der Waals surface area contributed by atoms with Crippen molar-refractivity contribution >= 4 is 52.0 Å². The summed E-state index contributed by atoms with van der Waals surface area (Å²) < 4.78 is -2.51. The Morgan fingerprint density at radius 2 is 1.68 bits per heavy atom. The van der Waals surface area contributed by atoms with Gasteiger partial charge in [0.15, 0.2) is 0 Å². The second-order valence-electron chi connectivity index (χ2n) is 3.20. The smallest absolute Gasteiger partial charge is 0.318 e. The van der Waals surface area contributed by atoms with Gasteiger partial charge in [0.1, 0.15) is 0 Å². The first-order valence-corrected chi connectivity index (χ1v) is 5.46. The minimum Gasteiger partial charge on any atom is -0.502 e. The number of Topliss-reactive ketones (excluding diaryl/α,β-unsaturated/α-hetero) is 1. The number of ketones is 1. The van der Waals surface area contributed by atoms with E-state index in [1.807, 2.05) is 0 Å². The van der Waals surface area contributed by atoms with Gasteiger partial charge in [-0.3, -0.25) is 25.0 Å². The van der Waals surface area contributed by atoms with Gasteiger partial charge in [0.25, 0.3) is 9.48 Å². The van der Waals surface area contributed by atoms with Crippen LogP contribution in [0.3, 0.4) is 0 Å². The number of carbonyl (C=O) groups excluding carboxylic acids is 1. The van der Waals surface area contributed by atoms with E-state index in [0.717, 1.165) is 0 Å². The lowest BCUT2D eigenvalue weighted by molar-refractivity contribution is -0.394. The van der Waals surface area contributed by atoms with E-state index in [1.165, 1.54) is 0 Å². The molecule has 0 aliphatic heterocycles. The van der Waals surface area contributed by atoms with Crippen molar-refractivity contribution in [3.8, 4) is 5.75 Å². The second-order valence-corrected chi connectivity index (χ2v) is 5.48. The Balaban J connectivity index is 3.60. The molecule has 1 aromatic carbocycles. The van der Waals surface area contributed by atoms with Crippen LogP contribution in [0.2, 0.25) is 0 Å². The van der Waals surface area contributed by atoms with Gasteiger partial charge >= 0.3 is 5.69 Å². The highest BCUT2D eigenvalue weighted by Gasteiger charge is 2.37. The van der Waals surface area contributed by atoms with Gasteiger partial charge in [-0.05, 0) is 0 Å². The third-order valence-electron chi connectivity index (χ3n) is 1.98. The lowest BCUT2D eigenvalue weighted by atomic mass is 10.1. The summed E-state index contributed by atoms with van der Waals surface area (Å²) >= 11 is 15.9. The number of rotatable bonds is 3. The number of carbonyl (C=O) groups is 1. The molecule has 0 aliphatic rings. The summed E-state index contributed by atoms with van der Waals surface area (Å²) in [7, 11) is 0. The number of benzene rings is 1. The third-order valence-corrected chi connectivity index (χ3v) is 2.50. The summed E-state index contributed by atoms with van der Waals surface area (Å²) in [4.78, 5) is 30.8. The van der Waals surface area contributed by atoms with Crippen molar-refractivity contribution in [2.24, 2.45) is 0 Å². The lowest BCUT2D eigenvalue weighted by Gasteiger charge is -2.10. The van der Waals surface area contributed by atoms with Gasteiger partial charge in [-0.2, -0.15) is 0 Å². The van der Waals surface area contributed by atoms with Crippen LogP contribution in [-0.4, -0.2) is 24.5 Å². The van der Waals surface area contributed by atoms with Gasteiger partial charge in [-0.25, -0.2) is 0 Å². The molecule has 0 bridgehead atoms. The van der Waals surface area contributed by atoms with E-state index in [0.29, 0.717) is 12.1 Å². The molecule has 0 atom stereocenters. The summed E-state index contributed by atoms with van der Waals surface area (Å²) in [5.41, 5.74) is -2.64. The fraction of sp³-hybridized carbons (Fsp3) is 0.125. The van der Waals surface area contributed by atoms with Crippen molar-refractivity contribution in [3.05, 3.63) is 37.9 Å². The number of phenolic OH excluding ortho intramolecular Hbond substituents is 1. The maximum Gasteiger partial charge on any atom is 0.318 e. The Morgan fingerprint density at radius 3 is 2.05 bits per heavy atom. The normalized spacial score (nSPS) is 11.1. The lowest BCUT2D eigenvalue weighted by Crippen LogP contribution is -2.19. The molecule has 0 amide bonds. The minimum atomic E-state index is -2.51. The molecule has 1 N–H and O–H groups in total. The maximum absolute atomic E-state index is 11.6. The van der Waals surface area contributed by atoms with E-state index in [9.17, 15) is 30.1 Å². The molecule has 0 fully saturated rings. The third kappa shape index (κ3) is 3.22.